The summed E-state index contributed by atoms with van der Waals surface area (Å²) < 4.78 is 0. The van der Waals surface area contributed by atoms with Gasteiger partial charge in [0, 0.05) is 12.6 Å². The van der Waals surface area contributed by atoms with Gasteiger partial charge in [0.25, 0.3) is 0 Å². The number of rotatable bonds is 5. The molecule has 1 saturated carbocycles. The number of carbonyl (C=O) groups is 1. The summed E-state index contributed by atoms with van der Waals surface area (Å²) in [7, 11) is 0. The molecule has 18 heavy (non-hydrogen) atoms. The lowest BCUT2D eigenvalue weighted by atomic mass is 9.80. The second-order valence-corrected chi connectivity index (χ2v) is 6.53. The predicted molar refractivity (Wildman–Crippen MR) is 76.4 cm³/mol. The lowest BCUT2D eigenvalue weighted by Gasteiger charge is -2.35. The fourth-order valence-electron chi connectivity index (χ4n) is 2.62. The first-order valence-corrected chi connectivity index (χ1v) is 7.44. The van der Waals surface area contributed by atoms with E-state index in [9.17, 15) is 4.79 Å². The molecule has 1 aliphatic carbocycles. The average Bonchev–Trinajstić information content (AvgIpc) is 2.30. The highest BCUT2D eigenvalue weighted by Gasteiger charge is 2.27. The van der Waals surface area contributed by atoms with Crippen molar-refractivity contribution >= 4 is 5.91 Å². The summed E-state index contributed by atoms with van der Waals surface area (Å²) in [5.41, 5.74) is 0. The summed E-state index contributed by atoms with van der Waals surface area (Å²) in [6.45, 7) is 11.6. The van der Waals surface area contributed by atoms with E-state index in [2.05, 4.69) is 38.3 Å². The lowest BCUT2D eigenvalue weighted by molar-refractivity contribution is -0.123. The van der Waals surface area contributed by atoms with Crippen molar-refractivity contribution in [1.82, 2.24) is 10.6 Å². The van der Waals surface area contributed by atoms with Crippen LogP contribution in [0.15, 0.2) is 0 Å². The third-order valence-corrected chi connectivity index (χ3v) is 4.00. The van der Waals surface area contributed by atoms with Crippen LogP contribution in [0, 0.1) is 17.8 Å². The van der Waals surface area contributed by atoms with E-state index in [-0.39, 0.29) is 11.9 Å². The maximum Gasteiger partial charge on any atom is 0.236 e. The molecule has 0 aromatic carbocycles. The molecule has 1 fully saturated rings. The van der Waals surface area contributed by atoms with Crippen molar-refractivity contribution in [3.05, 3.63) is 0 Å². The van der Waals surface area contributed by atoms with E-state index in [1.165, 1.54) is 19.3 Å². The Balaban J connectivity index is 2.37. The summed E-state index contributed by atoms with van der Waals surface area (Å²) in [6, 6.07) is 0.412. The molecule has 0 aromatic heterocycles. The molecule has 0 heterocycles. The second kappa shape index (κ2) is 7.13. The number of amides is 1. The molecular formula is C15H30N2O. The number of hydrogen-bond acceptors (Lipinski definition) is 2. The van der Waals surface area contributed by atoms with E-state index in [1.54, 1.807) is 0 Å². The number of hydrogen-bond donors (Lipinski definition) is 2. The Morgan fingerprint density at radius 1 is 1.22 bits per heavy atom. The van der Waals surface area contributed by atoms with Gasteiger partial charge >= 0.3 is 0 Å². The molecule has 1 amide bonds. The van der Waals surface area contributed by atoms with Crippen LogP contribution in [0.4, 0.5) is 0 Å². The molecule has 0 radical (unpaired) electrons. The van der Waals surface area contributed by atoms with Gasteiger partial charge in [0.05, 0.1) is 6.04 Å². The highest BCUT2D eigenvalue weighted by atomic mass is 16.2. The van der Waals surface area contributed by atoms with Crippen molar-refractivity contribution in [2.45, 2.75) is 66.0 Å². The fourth-order valence-corrected chi connectivity index (χ4v) is 2.62. The molecule has 0 bridgehead atoms. The molecule has 3 nitrogen and oxygen atoms in total. The van der Waals surface area contributed by atoms with Gasteiger partial charge in [-0.1, -0.05) is 34.1 Å². The molecule has 0 spiro atoms. The van der Waals surface area contributed by atoms with Crippen LogP contribution in [-0.4, -0.2) is 24.5 Å². The van der Waals surface area contributed by atoms with Gasteiger partial charge in [0.15, 0.2) is 0 Å². The van der Waals surface area contributed by atoms with E-state index in [1.807, 2.05) is 6.92 Å². The van der Waals surface area contributed by atoms with Gasteiger partial charge in [-0.15, -0.1) is 0 Å². The molecule has 4 atom stereocenters. The van der Waals surface area contributed by atoms with Gasteiger partial charge in [-0.3, -0.25) is 4.79 Å². The highest BCUT2D eigenvalue weighted by molar-refractivity contribution is 5.81. The maximum absolute atomic E-state index is 11.9. The van der Waals surface area contributed by atoms with Crippen LogP contribution in [0.25, 0.3) is 0 Å². The van der Waals surface area contributed by atoms with Gasteiger partial charge in [-0.2, -0.15) is 0 Å². The molecular weight excluding hydrogens is 224 g/mol. The SMILES string of the molecule is CC(C)CNC(=O)C(C)NC1CC(C)CCC1C. The molecule has 3 heteroatoms. The van der Waals surface area contributed by atoms with Crippen LogP contribution in [0.5, 0.6) is 0 Å². The van der Waals surface area contributed by atoms with Gasteiger partial charge in [-0.25, -0.2) is 0 Å². The average molecular weight is 254 g/mol. The molecule has 106 valence electrons. The van der Waals surface area contributed by atoms with Gasteiger partial charge in [0.2, 0.25) is 5.91 Å². The Morgan fingerprint density at radius 3 is 2.50 bits per heavy atom. The molecule has 0 aliphatic heterocycles. The lowest BCUT2D eigenvalue weighted by Crippen LogP contribution is -2.50. The quantitative estimate of drug-likeness (QED) is 0.791. The molecule has 0 aromatic rings. The molecule has 0 saturated heterocycles. The Hall–Kier alpha value is -0.570. The van der Waals surface area contributed by atoms with E-state index >= 15 is 0 Å². The number of carbonyl (C=O) groups excluding carboxylic acids is 1. The topological polar surface area (TPSA) is 41.1 Å². The summed E-state index contributed by atoms with van der Waals surface area (Å²) in [5, 5.41) is 6.51. The first kappa shape index (κ1) is 15.5. The standard InChI is InChI=1S/C15H30N2O/c1-10(2)9-16-15(18)13(5)17-14-8-11(3)6-7-12(14)4/h10-14,17H,6-9H2,1-5H3,(H,16,18). The Bertz CT molecular complexity index is 265. The van der Waals surface area contributed by atoms with Crippen molar-refractivity contribution in [1.29, 1.82) is 0 Å². The molecule has 1 rings (SSSR count). The van der Waals surface area contributed by atoms with E-state index < -0.39 is 0 Å². The van der Waals surface area contributed by atoms with Crippen molar-refractivity contribution in [3.8, 4) is 0 Å². The fraction of sp³-hybridized carbons (Fsp3) is 0.933. The second-order valence-electron chi connectivity index (χ2n) is 6.53. The van der Waals surface area contributed by atoms with Gasteiger partial charge in [0.1, 0.15) is 0 Å². The zero-order valence-electron chi connectivity index (χ0n) is 12.6. The molecule has 1 aliphatic rings. The summed E-state index contributed by atoms with van der Waals surface area (Å²) >= 11 is 0. The van der Waals surface area contributed by atoms with Crippen molar-refractivity contribution in [2.75, 3.05) is 6.54 Å². The van der Waals surface area contributed by atoms with E-state index in [0.29, 0.717) is 17.9 Å². The molecule has 4 unspecified atom stereocenters. The number of nitrogens with one attached hydrogen (secondary N) is 2. The van der Waals surface area contributed by atoms with Crippen LogP contribution in [0.2, 0.25) is 0 Å². The van der Waals surface area contributed by atoms with Crippen LogP contribution in [0.1, 0.15) is 53.9 Å². The summed E-state index contributed by atoms with van der Waals surface area (Å²) in [6.07, 6.45) is 3.80. The smallest absolute Gasteiger partial charge is 0.236 e. The summed E-state index contributed by atoms with van der Waals surface area (Å²) in [5.74, 6) is 2.11. The van der Waals surface area contributed by atoms with Crippen LogP contribution in [0.3, 0.4) is 0 Å². The Morgan fingerprint density at radius 2 is 1.89 bits per heavy atom. The zero-order valence-corrected chi connectivity index (χ0v) is 12.6. The normalized spacial score (nSPS) is 30.2. The van der Waals surface area contributed by atoms with Crippen LogP contribution in [-0.2, 0) is 4.79 Å². The predicted octanol–water partition coefficient (Wildman–Crippen LogP) is 2.56. The third kappa shape index (κ3) is 4.97. The first-order chi connectivity index (χ1) is 8.40. The minimum absolute atomic E-state index is 0.0819. The summed E-state index contributed by atoms with van der Waals surface area (Å²) in [4.78, 5) is 11.9. The van der Waals surface area contributed by atoms with Crippen molar-refractivity contribution < 1.29 is 4.79 Å². The molecule has 2 N–H and O–H groups in total. The van der Waals surface area contributed by atoms with E-state index in [0.717, 1.165) is 12.5 Å². The van der Waals surface area contributed by atoms with Crippen molar-refractivity contribution in [2.24, 2.45) is 17.8 Å². The highest BCUT2D eigenvalue weighted by Crippen LogP contribution is 2.28. The minimum atomic E-state index is -0.0819. The van der Waals surface area contributed by atoms with Crippen LogP contribution >= 0.6 is 0 Å². The van der Waals surface area contributed by atoms with Gasteiger partial charge in [-0.05, 0) is 37.5 Å². The first-order valence-electron chi connectivity index (χ1n) is 7.44. The third-order valence-electron chi connectivity index (χ3n) is 4.00. The van der Waals surface area contributed by atoms with Crippen LogP contribution < -0.4 is 10.6 Å². The largest absolute Gasteiger partial charge is 0.354 e. The van der Waals surface area contributed by atoms with Crippen molar-refractivity contribution in [3.63, 3.8) is 0 Å². The minimum Gasteiger partial charge on any atom is -0.354 e. The maximum atomic E-state index is 11.9. The Labute approximate surface area is 112 Å². The zero-order chi connectivity index (χ0) is 13.7. The monoisotopic (exact) mass is 254 g/mol. The van der Waals surface area contributed by atoms with Gasteiger partial charge < -0.3 is 10.6 Å². The Kier molecular flexibility index (Phi) is 6.13. The van der Waals surface area contributed by atoms with E-state index in [4.69, 9.17) is 0 Å².